The van der Waals surface area contributed by atoms with Crippen molar-refractivity contribution >= 4 is 5.69 Å². The number of nitro groups is 1. The number of nitro benzene ring substituents is 1. The van der Waals surface area contributed by atoms with Crippen LogP contribution >= 0.6 is 0 Å². The van der Waals surface area contributed by atoms with Gasteiger partial charge in [0.1, 0.15) is 11.6 Å². The molecule has 0 aliphatic carbocycles. The molecule has 0 radical (unpaired) electrons. The van der Waals surface area contributed by atoms with Gasteiger partial charge in [0.05, 0.1) is 11.5 Å². The molecule has 8 heteroatoms. The summed E-state index contributed by atoms with van der Waals surface area (Å²) in [5.74, 6) is 0. The summed E-state index contributed by atoms with van der Waals surface area (Å²) in [4.78, 5) is 34.9. The number of aromatic nitrogens is 2. The maximum atomic E-state index is 12.4. The largest absolute Gasteiger partial charge is 0.331 e. The number of non-ortho nitro benzene ring substituents is 1. The van der Waals surface area contributed by atoms with Crippen molar-refractivity contribution in [2.24, 2.45) is 0 Å². The highest BCUT2D eigenvalue weighted by Crippen LogP contribution is 2.15. The Morgan fingerprint density at radius 2 is 1.96 bits per heavy atom. The van der Waals surface area contributed by atoms with Crippen LogP contribution in [-0.4, -0.2) is 14.1 Å². The van der Waals surface area contributed by atoms with Crippen LogP contribution in [0, 0.1) is 21.4 Å². The number of nitriles is 1. The molecule has 0 saturated carbocycles. The van der Waals surface area contributed by atoms with Crippen LogP contribution < -0.4 is 11.2 Å². The molecule has 0 amide bonds. The zero-order chi connectivity index (χ0) is 16.6. The molecule has 1 aliphatic heterocycles. The minimum atomic E-state index is -0.607. The lowest BCUT2D eigenvalue weighted by molar-refractivity contribution is -0.384. The Hall–Kier alpha value is -3.21. The van der Waals surface area contributed by atoms with Gasteiger partial charge >= 0.3 is 5.69 Å². The molecule has 1 aliphatic rings. The van der Waals surface area contributed by atoms with Gasteiger partial charge in [0.15, 0.2) is 0 Å². The van der Waals surface area contributed by atoms with E-state index in [4.69, 9.17) is 0 Å². The molecule has 2 heterocycles. The first-order valence-electron chi connectivity index (χ1n) is 7.03. The Kier molecular flexibility index (Phi) is 3.54. The first-order chi connectivity index (χ1) is 11.0. The minimum Gasteiger partial charge on any atom is -0.296 e. The average Bonchev–Trinajstić information content (AvgIpc) is 3.02. The minimum absolute atomic E-state index is 0.00371. The summed E-state index contributed by atoms with van der Waals surface area (Å²) in [6.07, 6.45) is 1.27. The van der Waals surface area contributed by atoms with Crippen LogP contribution in [0.15, 0.2) is 33.9 Å². The van der Waals surface area contributed by atoms with E-state index in [1.807, 2.05) is 6.07 Å². The summed E-state index contributed by atoms with van der Waals surface area (Å²) in [6, 6.07) is 7.51. The van der Waals surface area contributed by atoms with Gasteiger partial charge in [-0.1, -0.05) is 12.1 Å². The highest BCUT2D eigenvalue weighted by atomic mass is 16.6. The van der Waals surface area contributed by atoms with E-state index in [2.05, 4.69) is 0 Å². The Labute approximate surface area is 130 Å². The van der Waals surface area contributed by atoms with Crippen LogP contribution in [0.2, 0.25) is 0 Å². The van der Waals surface area contributed by atoms with E-state index in [9.17, 15) is 25.0 Å². The fraction of sp³-hybridized carbons (Fsp3) is 0.267. The predicted octanol–water partition coefficient (Wildman–Crippen LogP) is 0.784. The molecule has 0 bridgehead atoms. The summed E-state index contributed by atoms with van der Waals surface area (Å²) in [5, 5.41) is 19.9. The lowest BCUT2D eigenvalue weighted by Gasteiger charge is -2.10. The fourth-order valence-corrected chi connectivity index (χ4v) is 2.79. The SMILES string of the molecule is N#Cc1c2n(c(=O)n(Cc3ccc([N+](=O)[O-])cc3)c1=O)CCC2. The fourth-order valence-electron chi connectivity index (χ4n) is 2.79. The number of fused-ring (bicyclic) bond motifs is 1. The van der Waals surface area contributed by atoms with E-state index in [1.165, 1.54) is 28.8 Å². The van der Waals surface area contributed by atoms with Crippen LogP contribution in [0.3, 0.4) is 0 Å². The van der Waals surface area contributed by atoms with Crippen molar-refractivity contribution in [3.8, 4) is 6.07 Å². The van der Waals surface area contributed by atoms with E-state index in [-0.39, 0.29) is 17.8 Å². The first-order valence-corrected chi connectivity index (χ1v) is 7.03. The Morgan fingerprint density at radius 3 is 2.57 bits per heavy atom. The van der Waals surface area contributed by atoms with E-state index in [1.54, 1.807) is 0 Å². The molecule has 3 rings (SSSR count). The number of hydrogen-bond donors (Lipinski definition) is 0. The smallest absolute Gasteiger partial charge is 0.296 e. The predicted molar refractivity (Wildman–Crippen MR) is 80.2 cm³/mol. The normalized spacial score (nSPS) is 12.7. The van der Waals surface area contributed by atoms with Crippen LogP contribution in [-0.2, 0) is 19.5 Å². The van der Waals surface area contributed by atoms with Crippen molar-refractivity contribution in [3.05, 3.63) is 72.0 Å². The van der Waals surface area contributed by atoms with E-state index in [0.717, 1.165) is 11.0 Å². The molecule has 0 spiro atoms. The molecular weight excluding hydrogens is 300 g/mol. The standard InChI is InChI=1S/C15H12N4O4/c16-8-12-13-2-1-7-17(13)15(21)18(14(12)20)9-10-3-5-11(6-4-10)19(22)23/h3-6H,1-2,7,9H2. The highest BCUT2D eigenvalue weighted by Gasteiger charge is 2.22. The van der Waals surface area contributed by atoms with Gasteiger partial charge in [0.25, 0.3) is 11.2 Å². The van der Waals surface area contributed by atoms with Crippen LogP contribution in [0.1, 0.15) is 23.2 Å². The summed E-state index contributed by atoms with van der Waals surface area (Å²) < 4.78 is 2.47. The van der Waals surface area contributed by atoms with E-state index >= 15 is 0 Å². The molecule has 8 nitrogen and oxygen atoms in total. The second-order valence-corrected chi connectivity index (χ2v) is 5.29. The highest BCUT2D eigenvalue weighted by molar-refractivity contribution is 5.35. The third-order valence-corrected chi connectivity index (χ3v) is 3.93. The molecule has 0 N–H and O–H groups in total. The zero-order valence-electron chi connectivity index (χ0n) is 12.1. The third kappa shape index (κ3) is 2.42. The summed E-state index contributed by atoms with van der Waals surface area (Å²) >= 11 is 0. The van der Waals surface area contributed by atoms with Crippen molar-refractivity contribution in [2.75, 3.05) is 0 Å². The van der Waals surface area contributed by atoms with Gasteiger partial charge in [-0.3, -0.25) is 24.0 Å². The molecule has 0 fully saturated rings. The van der Waals surface area contributed by atoms with Crippen LogP contribution in [0.25, 0.3) is 0 Å². The molecule has 116 valence electrons. The van der Waals surface area contributed by atoms with E-state index in [0.29, 0.717) is 24.2 Å². The molecule has 1 aromatic carbocycles. The van der Waals surface area contributed by atoms with Crippen molar-refractivity contribution in [2.45, 2.75) is 25.9 Å². The number of hydrogen-bond acceptors (Lipinski definition) is 5. The van der Waals surface area contributed by atoms with Gasteiger partial charge < -0.3 is 0 Å². The number of nitrogens with zero attached hydrogens (tertiary/aromatic N) is 4. The van der Waals surface area contributed by atoms with Gasteiger partial charge in [-0.2, -0.15) is 5.26 Å². The Morgan fingerprint density at radius 1 is 1.26 bits per heavy atom. The molecule has 0 saturated heterocycles. The van der Waals surface area contributed by atoms with Gasteiger partial charge in [-0.05, 0) is 18.4 Å². The topological polar surface area (TPSA) is 111 Å². The van der Waals surface area contributed by atoms with Crippen LogP contribution in [0.5, 0.6) is 0 Å². The van der Waals surface area contributed by atoms with E-state index < -0.39 is 16.2 Å². The average molecular weight is 312 g/mol. The van der Waals surface area contributed by atoms with Crippen molar-refractivity contribution in [3.63, 3.8) is 0 Å². The second-order valence-electron chi connectivity index (χ2n) is 5.29. The lowest BCUT2D eigenvalue weighted by atomic mass is 10.2. The maximum absolute atomic E-state index is 12.4. The summed E-state index contributed by atoms with van der Waals surface area (Å²) in [7, 11) is 0. The van der Waals surface area contributed by atoms with Gasteiger partial charge in [0, 0.05) is 24.4 Å². The van der Waals surface area contributed by atoms with Gasteiger partial charge in [-0.25, -0.2) is 4.79 Å². The van der Waals surface area contributed by atoms with Crippen molar-refractivity contribution < 1.29 is 4.92 Å². The van der Waals surface area contributed by atoms with Crippen LogP contribution in [0.4, 0.5) is 5.69 Å². The monoisotopic (exact) mass is 312 g/mol. The first kappa shape index (κ1) is 14.7. The molecule has 2 aromatic rings. The molecule has 23 heavy (non-hydrogen) atoms. The number of rotatable bonds is 3. The Bertz CT molecular complexity index is 948. The summed E-state index contributed by atoms with van der Waals surface area (Å²) in [6.45, 7) is 0.466. The second kappa shape index (κ2) is 5.53. The quantitative estimate of drug-likeness (QED) is 0.614. The van der Waals surface area contributed by atoms with Gasteiger partial charge in [-0.15, -0.1) is 0 Å². The number of benzene rings is 1. The molecular formula is C15H12N4O4. The lowest BCUT2D eigenvalue weighted by Crippen LogP contribution is -2.41. The zero-order valence-corrected chi connectivity index (χ0v) is 12.1. The van der Waals surface area contributed by atoms with Gasteiger partial charge in [0.2, 0.25) is 0 Å². The Balaban J connectivity index is 2.07. The maximum Gasteiger partial charge on any atom is 0.331 e. The molecule has 1 aromatic heterocycles. The van der Waals surface area contributed by atoms with Crippen molar-refractivity contribution in [1.29, 1.82) is 5.26 Å². The third-order valence-electron chi connectivity index (χ3n) is 3.93. The molecule has 0 unspecified atom stereocenters. The van der Waals surface area contributed by atoms with Crippen molar-refractivity contribution in [1.82, 2.24) is 9.13 Å². The molecule has 0 atom stereocenters. The summed E-state index contributed by atoms with van der Waals surface area (Å²) in [5.41, 5.74) is -0.0305.